The lowest BCUT2D eigenvalue weighted by molar-refractivity contribution is -0.137. The zero-order chi connectivity index (χ0) is 34.3. The summed E-state index contributed by atoms with van der Waals surface area (Å²) in [6.07, 6.45) is -3.63. The van der Waals surface area contributed by atoms with E-state index >= 15 is 0 Å². The van der Waals surface area contributed by atoms with Crippen LogP contribution in [0.3, 0.4) is 0 Å². The first-order valence-corrected chi connectivity index (χ1v) is 17.0. The zero-order valence-corrected chi connectivity index (χ0v) is 25.9. The van der Waals surface area contributed by atoms with Gasteiger partial charge in [-0.25, -0.2) is 30.3 Å². The van der Waals surface area contributed by atoms with Crippen molar-refractivity contribution < 1.29 is 43.6 Å². The van der Waals surface area contributed by atoms with Crippen molar-refractivity contribution in [3.63, 3.8) is 0 Å². The molecular weight excluding hydrogens is 669 g/mol. The largest absolute Gasteiger partial charge is 0.416 e. The molecule has 246 valence electrons. The number of hydrogen-bond donors (Lipinski definition) is 2. The highest BCUT2D eigenvalue weighted by Crippen LogP contribution is 2.39. The fraction of sp³-hybridized carbons (Fsp3) is 0.161. The molecule has 2 heterocycles. The number of carbonyl (C=O) groups is 1. The minimum Gasteiger partial charge on any atom is -0.331 e. The van der Waals surface area contributed by atoms with Crippen LogP contribution in [0.5, 0.6) is 0 Å². The van der Waals surface area contributed by atoms with Crippen molar-refractivity contribution in [2.24, 2.45) is 0 Å². The minimum absolute atomic E-state index is 0.103. The number of pyridine rings is 1. The van der Waals surface area contributed by atoms with Crippen molar-refractivity contribution in [1.82, 2.24) is 14.3 Å². The maximum absolute atomic E-state index is 14.9. The summed E-state index contributed by atoms with van der Waals surface area (Å²) >= 11 is 0. The highest BCUT2D eigenvalue weighted by molar-refractivity contribution is 7.90. The molecule has 47 heavy (non-hydrogen) atoms. The summed E-state index contributed by atoms with van der Waals surface area (Å²) < 4.78 is 124. The quantitative estimate of drug-likeness (QED) is 0.199. The molecule has 0 spiro atoms. The van der Waals surface area contributed by atoms with E-state index in [-0.39, 0.29) is 38.9 Å². The number of sulfonamides is 1. The molecule has 0 aliphatic carbocycles. The first-order chi connectivity index (χ1) is 22.0. The number of carbonyl (C=O) groups excluding carboxylic acids is 1. The summed E-state index contributed by atoms with van der Waals surface area (Å²) in [5.41, 5.74) is -3.49. The van der Waals surface area contributed by atoms with Gasteiger partial charge in [0.15, 0.2) is 9.84 Å². The van der Waals surface area contributed by atoms with Crippen molar-refractivity contribution in [3.8, 4) is 11.1 Å². The lowest BCUT2D eigenvalue weighted by atomic mass is 10.0. The molecular formula is C31H24F5N3O6S2. The Bertz CT molecular complexity index is 2310. The van der Waals surface area contributed by atoms with Crippen LogP contribution in [0.4, 0.5) is 22.0 Å². The summed E-state index contributed by atoms with van der Waals surface area (Å²) in [6, 6.07) is 12.2. The van der Waals surface area contributed by atoms with Crippen LogP contribution in [-0.4, -0.2) is 38.0 Å². The van der Waals surface area contributed by atoms with Crippen LogP contribution < -0.4 is 10.3 Å². The number of aromatic nitrogens is 2. The normalized spacial score (nSPS) is 12.4. The van der Waals surface area contributed by atoms with E-state index in [9.17, 15) is 48.4 Å². The van der Waals surface area contributed by atoms with E-state index in [1.54, 1.807) is 0 Å². The highest BCUT2D eigenvalue weighted by Gasteiger charge is 2.34. The lowest BCUT2D eigenvalue weighted by Gasteiger charge is -2.14. The number of alkyl halides is 3. The number of fused-ring (bicyclic) bond motifs is 1. The molecule has 0 fully saturated rings. The van der Waals surface area contributed by atoms with Gasteiger partial charge in [0.1, 0.15) is 17.3 Å². The topological polar surface area (TPSA) is 135 Å². The van der Waals surface area contributed by atoms with Gasteiger partial charge in [-0.2, -0.15) is 13.2 Å². The predicted octanol–water partition coefficient (Wildman–Crippen LogP) is 5.40. The van der Waals surface area contributed by atoms with Gasteiger partial charge in [0.2, 0.25) is 0 Å². The van der Waals surface area contributed by atoms with Crippen molar-refractivity contribution in [2.75, 3.05) is 5.75 Å². The Balaban J connectivity index is 1.75. The van der Waals surface area contributed by atoms with Gasteiger partial charge in [-0.15, -0.1) is 0 Å². The van der Waals surface area contributed by atoms with Crippen LogP contribution >= 0.6 is 0 Å². The van der Waals surface area contributed by atoms with Gasteiger partial charge in [-0.05, 0) is 54.1 Å². The summed E-state index contributed by atoms with van der Waals surface area (Å²) in [4.78, 5) is 28.8. The van der Waals surface area contributed by atoms with Gasteiger partial charge in [-0.3, -0.25) is 9.59 Å². The molecule has 0 bridgehead atoms. The Hall–Kier alpha value is -4.83. The lowest BCUT2D eigenvalue weighted by Crippen LogP contribution is -2.33. The average molecular weight is 694 g/mol. The van der Waals surface area contributed by atoms with Gasteiger partial charge < -0.3 is 9.55 Å². The summed E-state index contributed by atoms with van der Waals surface area (Å²) in [5, 5.41) is -0.284. The van der Waals surface area contributed by atoms with Crippen molar-refractivity contribution in [1.29, 1.82) is 0 Å². The molecule has 0 saturated carbocycles. The smallest absolute Gasteiger partial charge is 0.331 e. The molecule has 5 aromatic rings. The van der Waals surface area contributed by atoms with Gasteiger partial charge in [0.25, 0.3) is 21.5 Å². The summed E-state index contributed by atoms with van der Waals surface area (Å²) in [5.74, 6) is -4.08. The average Bonchev–Trinajstić information content (AvgIpc) is 3.31. The molecule has 0 unspecified atom stereocenters. The van der Waals surface area contributed by atoms with Crippen LogP contribution in [0.1, 0.15) is 34.1 Å². The zero-order valence-electron chi connectivity index (χ0n) is 24.2. The molecule has 9 nitrogen and oxygen atoms in total. The highest BCUT2D eigenvalue weighted by atomic mass is 32.2. The van der Waals surface area contributed by atoms with Crippen LogP contribution in [0.2, 0.25) is 0 Å². The number of nitrogens with zero attached hydrogens (tertiary/aromatic N) is 1. The van der Waals surface area contributed by atoms with E-state index < -0.39 is 77.6 Å². The van der Waals surface area contributed by atoms with Crippen molar-refractivity contribution >= 4 is 36.7 Å². The fourth-order valence-corrected chi connectivity index (χ4v) is 6.94. The van der Waals surface area contributed by atoms with E-state index in [2.05, 4.69) is 4.98 Å². The van der Waals surface area contributed by atoms with Gasteiger partial charge in [0, 0.05) is 45.6 Å². The van der Waals surface area contributed by atoms with Gasteiger partial charge in [0.05, 0.1) is 22.8 Å². The number of aromatic amines is 1. The number of nitrogens with one attached hydrogen (secondary N) is 2. The monoisotopic (exact) mass is 693 g/mol. The molecule has 0 aliphatic heterocycles. The van der Waals surface area contributed by atoms with E-state index in [0.717, 1.165) is 34.9 Å². The Morgan fingerprint density at radius 1 is 0.936 bits per heavy atom. The Morgan fingerprint density at radius 3 is 2.34 bits per heavy atom. The third-order valence-corrected chi connectivity index (χ3v) is 10.3. The number of amides is 1. The molecule has 3 aromatic carbocycles. The summed E-state index contributed by atoms with van der Waals surface area (Å²) in [7, 11) is -8.34. The van der Waals surface area contributed by atoms with Gasteiger partial charge >= 0.3 is 6.18 Å². The molecule has 2 N–H and O–H groups in total. The number of H-pyrrole nitrogens is 1. The third kappa shape index (κ3) is 6.97. The number of hydrogen-bond acceptors (Lipinski definition) is 6. The molecule has 1 amide bonds. The standard InChI is InChI=1S/C31H24F5N3O6S2/c1-2-46(42,43)17-18-5-3-6-22(13-18)47(44,45)38-30(41)28-27(23-7-4-12-37-29(23)40)24-14-20(31(34,35)36)9-11-26(24)39(28)16-19-8-10-21(32)15-25(19)33/h3-15H,2,16-17H2,1H3,(H,37,40)(H,38,41). The Morgan fingerprint density at radius 2 is 1.68 bits per heavy atom. The van der Waals surface area contributed by atoms with E-state index in [0.29, 0.717) is 18.2 Å². The first-order valence-electron chi connectivity index (χ1n) is 13.7. The van der Waals surface area contributed by atoms with E-state index in [4.69, 9.17) is 0 Å². The molecule has 16 heteroatoms. The molecule has 0 aliphatic rings. The van der Waals surface area contributed by atoms with E-state index in [1.807, 2.05) is 4.72 Å². The Kier molecular flexibility index (Phi) is 8.85. The molecule has 0 saturated heterocycles. The van der Waals surface area contributed by atoms with Gasteiger partial charge in [-0.1, -0.05) is 25.1 Å². The number of sulfone groups is 1. The number of benzene rings is 3. The first kappa shape index (κ1) is 33.5. The minimum atomic E-state index is -4.86. The second kappa shape index (κ2) is 12.4. The second-order valence-electron chi connectivity index (χ2n) is 10.4. The SMILES string of the molecule is CCS(=O)(=O)Cc1cccc(S(=O)(=O)NC(=O)c2c(-c3ccc[nH]c3=O)c3cc(C(F)(F)F)ccc3n2Cc2ccc(F)cc2F)c1. The second-order valence-corrected chi connectivity index (χ2v) is 14.5. The molecule has 5 rings (SSSR count). The maximum Gasteiger partial charge on any atom is 0.416 e. The maximum atomic E-state index is 14.9. The molecule has 0 atom stereocenters. The number of halogens is 5. The van der Waals surface area contributed by atoms with Crippen molar-refractivity contribution in [3.05, 3.63) is 123 Å². The Labute approximate surface area is 264 Å². The van der Waals surface area contributed by atoms with Crippen LogP contribution in [0, 0.1) is 11.6 Å². The van der Waals surface area contributed by atoms with Crippen LogP contribution in [0.25, 0.3) is 22.0 Å². The van der Waals surface area contributed by atoms with Crippen LogP contribution in [-0.2, 0) is 38.3 Å². The van der Waals surface area contributed by atoms with E-state index in [1.165, 1.54) is 37.4 Å². The summed E-state index contributed by atoms with van der Waals surface area (Å²) in [6.45, 7) is 0.825. The molecule has 0 radical (unpaired) electrons. The third-order valence-electron chi connectivity index (χ3n) is 7.30. The number of rotatable bonds is 9. The van der Waals surface area contributed by atoms with Crippen LogP contribution in [0.15, 0.2) is 88.7 Å². The van der Waals surface area contributed by atoms with Crippen molar-refractivity contribution in [2.45, 2.75) is 30.3 Å². The predicted molar refractivity (Wildman–Crippen MR) is 163 cm³/mol. The molecule has 2 aromatic heterocycles. The fourth-order valence-electron chi connectivity index (χ4n) is 5.03.